The first kappa shape index (κ1) is 10.5. The lowest BCUT2D eigenvalue weighted by Gasteiger charge is -2.34. The lowest BCUT2D eigenvalue weighted by Crippen LogP contribution is -2.41. The molecule has 1 aliphatic heterocycles. The van der Waals surface area contributed by atoms with Crippen LogP contribution in [0.25, 0.3) is 0 Å². The van der Waals surface area contributed by atoms with Crippen LogP contribution in [0.15, 0.2) is 0 Å². The van der Waals surface area contributed by atoms with Crippen LogP contribution in [0.1, 0.15) is 33.1 Å². The highest BCUT2D eigenvalue weighted by Crippen LogP contribution is 2.44. The van der Waals surface area contributed by atoms with Crippen LogP contribution in [0.3, 0.4) is 0 Å². The number of cyclic esters (lactones) is 1. The number of hydrogen-bond acceptors (Lipinski definition) is 4. The second kappa shape index (κ2) is 3.83. The Balaban J connectivity index is 2.12. The SMILES string of the molecule is CC(=O)O[C@@H]1OC(=O)C[C@@H]2CC[C@@H](C)[C@@H]21. The van der Waals surface area contributed by atoms with Gasteiger partial charge in [-0.3, -0.25) is 9.59 Å². The molecule has 1 heterocycles. The van der Waals surface area contributed by atoms with E-state index in [9.17, 15) is 9.59 Å². The first-order valence-corrected chi connectivity index (χ1v) is 5.44. The van der Waals surface area contributed by atoms with Gasteiger partial charge in [0.1, 0.15) is 0 Å². The average molecular weight is 212 g/mol. The first-order valence-electron chi connectivity index (χ1n) is 5.44. The molecule has 0 aromatic carbocycles. The summed E-state index contributed by atoms with van der Waals surface area (Å²) in [5.41, 5.74) is 0. The van der Waals surface area contributed by atoms with Crippen LogP contribution in [0.2, 0.25) is 0 Å². The van der Waals surface area contributed by atoms with Gasteiger partial charge in [-0.05, 0) is 24.7 Å². The summed E-state index contributed by atoms with van der Waals surface area (Å²) in [5.74, 6) is 0.383. The van der Waals surface area contributed by atoms with Gasteiger partial charge in [-0.2, -0.15) is 0 Å². The average Bonchev–Trinajstić information content (AvgIpc) is 2.46. The molecule has 15 heavy (non-hydrogen) atoms. The zero-order valence-electron chi connectivity index (χ0n) is 9.06. The predicted molar refractivity (Wildman–Crippen MR) is 51.6 cm³/mol. The third-order valence-electron chi connectivity index (χ3n) is 3.47. The molecular weight excluding hydrogens is 196 g/mol. The zero-order valence-corrected chi connectivity index (χ0v) is 9.06. The van der Waals surface area contributed by atoms with Gasteiger partial charge in [-0.15, -0.1) is 0 Å². The number of hydrogen-bond donors (Lipinski definition) is 0. The van der Waals surface area contributed by atoms with Crippen molar-refractivity contribution in [2.45, 2.75) is 39.4 Å². The van der Waals surface area contributed by atoms with E-state index in [4.69, 9.17) is 9.47 Å². The minimum Gasteiger partial charge on any atom is -0.425 e. The van der Waals surface area contributed by atoms with E-state index in [-0.39, 0.29) is 17.9 Å². The fraction of sp³-hybridized carbons (Fsp3) is 0.818. The number of fused-ring (bicyclic) bond motifs is 1. The molecule has 4 atom stereocenters. The number of ether oxygens (including phenoxy) is 2. The maximum absolute atomic E-state index is 11.3. The van der Waals surface area contributed by atoms with Crippen molar-refractivity contribution >= 4 is 11.9 Å². The van der Waals surface area contributed by atoms with Gasteiger partial charge in [-0.25, -0.2) is 0 Å². The van der Waals surface area contributed by atoms with Gasteiger partial charge in [0.2, 0.25) is 0 Å². The molecule has 0 aromatic heterocycles. The third kappa shape index (κ3) is 1.98. The highest BCUT2D eigenvalue weighted by atomic mass is 16.7. The summed E-state index contributed by atoms with van der Waals surface area (Å²) in [6, 6.07) is 0. The van der Waals surface area contributed by atoms with Crippen LogP contribution >= 0.6 is 0 Å². The van der Waals surface area contributed by atoms with Crippen molar-refractivity contribution in [3.05, 3.63) is 0 Å². The van der Waals surface area contributed by atoms with Crippen molar-refractivity contribution in [2.24, 2.45) is 17.8 Å². The van der Waals surface area contributed by atoms with E-state index in [2.05, 4.69) is 6.92 Å². The van der Waals surface area contributed by atoms with Crippen molar-refractivity contribution in [2.75, 3.05) is 0 Å². The normalized spacial score (nSPS) is 39.5. The molecule has 1 aliphatic carbocycles. The molecule has 84 valence electrons. The molecule has 0 N–H and O–H groups in total. The molecular formula is C11H16O4. The number of carbonyl (C=O) groups excluding carboxylic acids is 2. The Hall–Kier alpha value is -1.06. The van der Waals surface area contributed by atoms with Gasteiger partial charge in [0.25, 0.3) is 6.29 Å². The summed E-state index contributed by atoms with van der Waals surface area (Å²) in [4.78, 5) is 22.2. The van der Waals surface area contributed by atoms with E-state index >= 15 is 0 Å². The maximum Gasteiger partial charge on any atom is 0.309 e. The van der Waals surface area contributed by atoms with E-state index in [1.165, 1.54) is 6.92 Å². The van der Waals surface area contributed by atoms with Gasteiger partial charge < -0.3 is 9.47 Å². The fourth-order valence-corrected chi connectivity index (χ4v) is 2.79. The molecule has 1 saturated heterocycles. The van der Waals surface area contributed by atoms with Crippen molar-refractivity contribution in [1.29, 1.82) is 0 Å². The predicted octanol–water partition coefficient (Wildman–Crippen LogP) is 1.48. The Labute approximate surface area is 88.9 Å². The fourth-order valence-electron chi connectivity index (χ4n) is 2.79. The number of rotatable bonds is 1. The Bertz CT molecular complexity index is 284. The standard InChI is InChI=1S/C11H16O4/c1-6-3-4-8-5-9(13)15-11(10(6)8)14-7(2)12/h6,8,10-11H,3-5H2,1-2H3/t6-,8+,10+,11-/m1/s1. The van der Waals surface area contributed by atoms with Crippen LogP contribution in [0.4, 0.5) is 0 Å². The smallest absolute Gasteiger partial charge is 0.309 e. The summed E-state index contributed by atoms with van der Waals surface area (Å²) in [7, 11) is 0. The topological polar surface area (TPSA) is 52.6 Å². The van der Waals surface area contributed by atoms with Crippen molar-refractivity contribution in [1.82, 2.24) is 0 Å². The quantitative estimate of drug-likeness (QED) is 0.618. The molecule has 0 aromatic rings. The summed E-state index contributed by atoms with van der Waals surface area (Å²) >= 11 is 0. The summed E-state index contributed by atoms with van der Waals surface area (Å²) < 4.78 is 10.2. The second-order valence-electron chi connectivity index (χ2n) is 4.56. The molecule has 0 spiro atoms. The molecule has 0 radical (unpaired) electrons. The highest BCUT2D eigenvalue weighted by molar-refractivity contribution is 5.71. The largest absolute Gasteiger partial charge is 0.425 e. The van der Waals surface area contributed by atoms with Crippen molar-refractivity contribution in [3.8, 4) is 0 Å². The van der Waals surface area contributed by atoms with Crippen LogP contribution in [0.5, 0.6) is 0 Å². The van der Waals surface area contributed by atoms with Crippen LogP contribution < -0.4 is 0 Å². The summed E-state index contributed by atoms with van der Waals surface area (Å²) in [5, 5.41) is 0. The van der Waals surface area contributed by atoms with Crippen molar-refractivity contribution < 1.29 is 19.1 Å². The molecule has 2 rings (SSSR count). The van der Waals surface area contributed by atoms with Gasteiger partial charge in [0, 0.05) is 19.3 Å². The Kier molecular flexibility index (Phi) is 2.67. The summed E-state index contributed by atoms with van der Waals surface area (Å²) in [6.07, 6.45) is 1.96. The minimum atomic E-state index is -0.647. The Morgan fingerprint density at radius 3 is 2.87 bits per heavy atom. The van der Waals surface area contributed by atoms with Gasteiger partial charge in [-0.1, -0.05) is 6.92 Å². The highest BCUT2D eigenvalue weighted by Gasteiger charge is 2.46. The molecule has 0 bridgehead atoms. The van der Waals surface area contributed by atoms with Crippen LogP contribution in [-0.2, 0) is 19.1 Å². The molecule has 4 heteroatoms. The first-order chi connectivity index (χ1) is 7.08. The minimum absolute atomic E-state index is 0.201. The molecule has 4 nitrogen and oxygen atoms in total. The summed E-state index contributed by atoms with van der Waals surface area (Å²) in [6.45, 7) is 3.47. The van der Waals surface area contributed by atoms with Crippen LogP contribution in [-0.4, -0.2) is 18.2 Å². The Morgan fingerprint density at radius 2 is 2.20 bits per heavy atom. The lowest BCUT2D eigenvalue weighted by molar-refractivity contribution is -0.213. The third-order valence-corrected chi connectivity index (χ3v) is 3.47. The van der Waals surface area contributed by atoms with E-state index in [1.54, 1.807) is 0 Å². The number of carbonyl (C=O) groups is 2. The zero-order chi connectivity index (χ0) is 11.0. The molecule has 0 unspecified atom stereocenters. The lowest BCUT2D eigenvalue weighted by atomic mass is 9.86. The maximum atomic E-state index is 11.3. The van der Waals surface area contributed by atoms with E-state index < -0.39 is 6.29 Å². The Morgan fingerprint density at radius 1 is 1.47 bits per heavy atom. The second-order valence-corrected chi connectivity index (χ2v) is 4.56. The van der Waals surface area contributed by atoms with Crippen molar-refractivity contribution in [3.63, 3.8) is 0 Å². The molecule has 1 saturated carbocycles. The molecule has 2 aliphatic rings. The van der Waals surface area contributed by atoms with Crippen LogP contribution in [0, 0.1) is 17.8 Å². The molecule has 0 amide bonds. The number of esters is 2. The monoisotopic (exact) mass is 212 g/mol. The van der Waals surface area contributed by atoms with E-state index in [1.807, 2.05) is 0 Å². The van der Waals surface area contributed by atoms with Gasteiger partial charge in [0.05, 0.1) is 0 Å². The van der Waals surface area contributed by atoms with Gasteiger partial charge in [0.15, 0.2) is 0 Å². The van der Waals surface area contributed by atoms with E-state index in [0.717, 1.165) is 12.8 Å². The molecule has 2 fully saturated rings. The van der Waals surface area contributed by atoms with E-state index in [0.29, 0.717) is 18.3 Å². The van der Waals surface area contributed by atoms with Gasteiger partial charge >= 0.3 is 11.9 Å².